The summed E-state index contributed by atoms with van der Waals surface area (Å²) in [5.74, 6) is 0.0863. The molecule has 0 atom stereocenters. The van der Waals surface area contributed by atoms with Crippen molar-refractivity contribution in [1.82, 2.24) is 15.3 Å². The Labute approximate surface area is 119 Å². The molecule has 6 nitrogen and oxygen atoms in total. The maximum atomic E-state index is 11.6. The average Bonchev–Trinajstić information content (AvgIpc) is 2.32. The van der Waals surface area contributed by atoms with Crippen molar-refractivity contribution in [2.45, 2.75) is 52.7 Å². The molecule has 1 amide bonds. The number of nitrogens with one attached hydrogen (secondary N) is 1. The van der Waals surface area contributed by atoms with Crippen molar-refractivity contribution in [3.05, 3.63) is 23.8 Å². The summed E-state index contributed by atoms with van der Waals surface area (Å²) in [6.45, 7) is 7.50. The topological polar surface area (TPSA) is 81.2 Å². The van der Waals surface area contributed by atoms with E-state index in [1.165, 1.54) is 0 Å². The van der Waals surface area contributed by atoms with Crippen LogP contribution in [0.4, 0.5) is 0 Å². The normalized spacial score (nSPS) is 11.0. The fourth-order valence-electron chi connectivity index (χ4n) is 1.49. The zero-order valence-corrected chi connectivity index (χ0v) is 12.4. The number of aromatic nitrogens is 2. The zero-order valence-electron chi connectivity index (χ0n) is 12.4. The van der Waals surface area contributed by atoms with Gasteiger partial charge in [-0.05, 0) is 33.8 Å². The Bertz CT molecular complexity index is 481. The van der Waals surface area contributed by atoms with Gasteiger partial charge in [-0.2, -0.15) is 0 Å². The highest BCUT2D eigenvalue weighted by atomic mass is 16.6. The lowest BCUT2D eigenvalue weighted by molar-refractivity contribution is -0.155. The van der Waals surface area contributed by atoms with Crippen molar-refractivity contribution in [1.29, 1.82) is 0 Å². The molecule has 0 unspecified atom stereocenters. The van der Waals surface area contributed by atoms with Crippen LogP contribution in [0.1, 0.15) is 45.1 Å². The molecule has 0 saturated heterocycles. The van der Waals surface area contributed by atoms with Crippen molar-refractivity contribution in [3.63, 3.8) is 0 Å². The Kier molecular flexibility index (Phi) is 5.61. The van der Waals surface area contributed by atoms with Gasteiger partial charge in [0.2, 0.25) is 5.91 Å². The van der Waals surface area contributed by atoms with Crippen molar-refractivity contribution in [3.8, 4) is 0 Å². The minimum Gasteiger partial charge on any atom is -0.460 e. The highest BCUT2D eigenvalue weighted by Crippen LogP contribution is 2.09. The first kappa shape index (κ1) is 16.1. The Balaban J connectivity index is 2.29. The van der Waals surface area contributed by atoms with Gasteiger partial charge in [-0.25, -0.2) is 9.97 Å². The largest absolute Gasteiger partial charge is 0.460 e. The molecule has 0 aliphatic carbocycles. The summed E-state index contributed by atoms with van der Waals surface area (Å²) >= 11 is 0. The maximum Gasteiger partial charge on any atom is 0.306 e. The molecule has 0 aliphatic rings. The number of hydrogen-bond acceptors (Lipinski definition) is 5. The average molecular weight is 279 g/mol. The van der Waals surface area contributed by atoms with Gasteiger partial charge in [0, 0.05) is 12.6 Å². The summed E-state index contributed by atoms with van der Waals surface area (Å²) in [6.07, 6.45) is 1.83. The smallest absolute Gasteiger partial charge is 0.306 e. The first-order valence-electron chi connectivity index (χ1n) is 6.53. The summed E-state index contributed by atoms with van der Waals surface area (Å²) in [6, 6.07) is 1.74. The Morgan fingerprint density at radius 2 is 2.00 bits per heavy atom. The second kappa shape index (κ2) is 6.98. The number of nitrogens with zero attached hydrogens (tertiary/aromatic N) is 2. The van der Waals surface area contributed by atoms with Gasteiger partial charge in [0.05, 0.1) is 18.7 Å². The summed E-state index contributed by atoms with van der Waals surface area (Å²) < 4.78 is 5.13. The SMILES string of the molecule is Cc1nccc(CNC(=O)CCC(=O)OC(C)(C)C)n1. The molecule has 0 saturated carbocycles. The van der Waals surface area contributed by atoms with Crippen LogP contribution in [-0.2, 0) is 20.9 Å². The van der Waals surface area contributed by atoms with Crippen molar-refractivity contribution >= 4 is 11.9 Å². The zero-order chi connectivity index (χ0) is 15.2. The van der Waals surface area contributed by atoms with E-state index in [-0.39, 0.29) is 24.7 Å². The van der Waals surface area contributed by atoms with Gasteiger partial charge in [-0.15, -0.1) is 0 Å². The Hall–Kier alpha value is -1.98. The van der Waals surface area contributed by atoms with Crippen LogP contribution >= 0.6 is 0 Å². The van der Waals surface area contributed by atoms with Crippen molar-refractivity contribution in [2.75, 3.05) is 0 Å². The van der Waals surface area contributed by atoms with Crippen LogP contribution in [0, 0.1) is 6.92 Å². The molecule has 0 spiro atoms. The van der Waals surface area contributed by atoms with E-state index in [0.29, 0.717) is 12.4 Å². The Morgan fingerprint density at radius 3 is 2.60 bits per heavy atom. The molecule has 1 aromatic heterocycles. The lowest BCUT2D eigenvalue weighted by Gasteiger charge is -2.19. The van der Waals surface area contributed by atoms with E-state index in [1.807, 2.05) is 0 Å². The van der Waals surface area contributed by atoms with E-state index in [0.717, 1.165) is 5.69 Å². The predicted octanol–water partition coefficient (Wildman–Crippen LogP) is 1.52. The monoisotopic (exact) mass is 279 g/mol. The van der Waals surface area contributed by atoms with Gasteiger partial charge >= 0.3 is 5.97 Å². The van der Waals surface area contributed by atoms with Crippen LogP contribution in [0.3, 0.4) is 0 Å². The third-order valence-electron chi connectivity index (χ3n) is 2.28. The van der Waals surface area contributed by atoms with Crippen LogP contribution in [0.15, 0.2) is 12.3 Å². The summed E-state index contributed by atoms with van der Waals surface area (Å²) in [5.41, 5.74) is 0.217. The second-order valence-corrected chi connectivity index (χ2v) is 5.46. The quantitative estimate of drug-likeness (QED) is 0.826. The molecule has 0 bridgehead atoms. The van der Waals surface area contributed by atoms with E-state index < -0.39 is 5.60 Å². The fraction of sp³-hybridized carbons (Fsp3) is 0.571. The molecule has 1 N–H and O–H groups in total. The lowest BCUT2D eigenvalue weighted by atomic mass is 10.2. The predicted molar refractivity (Wildman–Crippen MR) is 73.7 cm³/mol. The van der Waals surface area contributed by atoms with Crippen molar-refractivity contribution < 1.29 is 14.3 Å². The van der Waals surface area contributed by atoms with Crippen LogP contribution < -0.4 is 5.32 Å². The van der Waals surface area contributed by atoms with E-state index >= 15 is 0 Å². The number of aryl methyl sites for hydroxylation is 1. The third kappa shape index (κ3) is 6.82. The molecule has 1 rings (SSSR count). The van der Waals surface area contributed by atoms with Gasteiger partial charge in [-0.1, -0.05) is 0 Å². The molecule has 0 radical (unpaired) electrons. The van der Waals surface area contributed by atoms with Gasteiger partial charge in [0.1, 0.15) is 11.4 Å². The van der Waals surface area contributed by atoms with E-state index in [9.17, 15) is 9.59 Å². The number of carbonyl (C=O) groups excluding carboxylic acids is 2. The lowest BCUT2D eigenvalue weighted by Crippen LogP contribution is -2.27. The van der Waals surface area contributed by atoms with Gasteiger partial charge in [-0.3, -0.25) is 9.59 Å². The minimum atomic E-state index is -0.522. The highest BCUT2D eigenvalue weighted by Gasteiger charge is 2.16. The van der Waals surface area contributed by atoms with E-state index in [4.69, 9.17) is 4.74 Å². The standard InChI is InChI=1S/C14H21N3O3/c1-10-15-8-7-11(17-10)9-16-12(18)5-6-13(19)20-14(2,3)4/h7-8H,5-6,9H2,1-4H3,(H,16,18). The number of esters is 1. The third-order valence-corrected chi connectivity index (χ3v) is 2.28. The molecule has 6 heteroatoms. The molecule has 1 heterocycles. The molecule has 20 heavy (non-hydrogen) atoms. The van der Waals surface area contributed by atoms with E-state index in [1.54, 1.807) is 40.0 Å². The first-order chi connectivity index (χ1) is 9.26. The number of ether oxygens (including phenoxy) is 1. The second-order valence-electron chi connectivity index (χ2n) is 5.46. The van der Waals surface area contributed by atoms with Crippen LogP contribution in [0.2, 0.25) is 0 Å². The van der Waals surface area contributed by atoms with Crippen LogP contribution in [0.25, 0.3) is 0 Å². The van der Waals surface area contributed by atoms with Crippen molar-refractivity contribution in [2.24, 2.45) is 0 Å². The molecular weight excluding hydrogens is 258 g/mol. The summed E-state index contributed by atoms with van der Waals surface area (Å²) in [5, 5.41) is 2.71. The number of amides is 1. The summed E-state index contributed by atoms with van der Waals surface area (Å²) in [7, 11) is 0. The van der Waals surface area contributed by atoms with Crippen LogP contribution in [-0.4, -0.2) is 27.4 Å². The fourth-order valence-corrected chi connectivity index (χ4v) is 1.49. The van der Waals surface area contributed by atoms with Gasteiger partial charge in [0.15, 0.2) is 0 Å². The number of hydrogen-bond donors (Lipinski definition) is 1. The minimum absolute atomic E-state index is 0.0753. The van der Waals surface area contributed by atoms with Crippen LogP contribution in [0.5, 0.6) is 0 Å². The Morgan fingerprint density at radius 1 is 1.30 bits per heavy atom. The summed E-state index contributed by atoms with van der Waals surface area (Å²) in [4.78, 5) is 31.2. The molecule has 0 aromatic carbocycles. The first-order valence-corrected chi connectivity index (χ1v) is 6.53. The van der Waals surface area contributed by atoms with Gasteiger partial charge in [0.25, 0.3) is 0 Å². The molecule has 1 aromatic rings. The highest BCUT2D eigenvalue weighted by molar-refractivity contribution is 5.81. The molecular formula is C14H21N3O3. The molecule has 0 aliphatic heterocycles. The number of carbonyl (C=O) groups is 2. The molecule has 110 valence electrons. The van der Waals surface area contributed by atoms with Gasteiger partial charge < -0.3 is 10.1 Å². The van der Waals surface area contributed by atoms with E-state index in [2.05, 4.69) is 15.3 Å². The molecule has 0 fully saturated rings. The maximum absolute atomic E-state index is 11.6. The number of rotatable bonds is 5.